The van der Waals surface area contributed by atoms with Crippen LogP contribution in [0.2, 0.25) is 0 Å². The molecule has 3 aromatic rings. The van der Waals surface area contributed by atoms with Crippen molar-refractivity contribution >= 4 is 17.0 Å². The number of anilines is 1. The number of benzene rings is 2. The summed E-state index contributed by atoms with van der Waals surface area (Å²) < 4.78 is 0. The Morgan fingerprint density at radius 3 is 2.48 bits per heavy atom. The van der Waals surface area contributed by atoms with Crippen LogP contribution in [0.5, 0.6) is 0 Å². The van der Waals surface area contributed by atoms with Crippen LogP contribution in [0.15, 0.2) is 60.0 Å². The van der Waals surface area contributed by atoms with E-state index in [4.69, 9.17) is 0 Å². The van der Waals surface area contributed by atoms with Crippen molar-refractivity contribution in [3.63, 3.8) is 0 Å². The Balaban J connectivity index is 1.70. The average Bonchev–Trinajstić information content (AvgIpc) is 2.96. The van der Waals surface area contributed by atoms with Gasteiger partial charge in [-0.25, -0.2) is 0 Å². The van der Waals surface area contributed by atoms with Crippen LogP contribution in [-0.2, 0) is 6.54 Å². The molecule has 1 aromatic heterocycles. The van der Waals surface area contributed by atoms with Gasteiger partial charge in [-0.15, -0.1) is 11.3 Å². The zero-order chi connectivity index (χ0) is 14.7. The van der Waals surface area contributed by atoms with E-state index >= 15 is 0 Å². The summed E-state index contributed by atoms with van der Waals surface area (Å²) in [6, 6.07) is 19.3. The highest BCUT2D eigenvalue weighted by molar-refractivity contribution is 7.10. The fourth-order valence-electron chi connectivity index (χ4n) is 2.45. The first-order chi connectivity index (χ1) is 10.2. The Bertz CT molecular complexity index is 728. The summed E-state index contributed by atoms with van der Waals surface area (Å²) in [4.78, 5) is 1.36. The molecule has 0 aliphatic carbocycles. The van der Waals surface area contributed by atoms with Gasteiger partial charge in [0.1, 0.15) is 0 Å². The Morgan fingerprint density at radius 1 is 0.905 bits per heavy atom. The number of hydrogen-bond acceptors (Lipinski definition) is 2. The second-order valence-corrected chi connectivity index (χ2v) is 6.34. The number of thiophene rings is 1. The summed E-state index contributed by atoms with van der Waals surface area (Å²) in [7, 11) is 0. The molecule has 0 saturated carbocycles. The van der Waals surface area contributed by atoms with Gasteiger partial charge in [-0.05, 0) is 48.1 Å². The van der Waals surface area contributed by atoms with E-state index in [0.29, 0.717) is 0 Å². The van der Waals surface area contributed by atoms with E-state index in [1.807, 2.05) is 11.3 Å². The van der Waals surface area contributed by atoms with Crippen molar-refractivity contribution in [2.24, 2.45) is 0 Å². The van der Waals surface area contributed by atoms with Crippen LogP contribution in [0.3, 0.4) is 0 Å². The van der Waals surface area contributed by atoms with Crippen molar-refractivity contribution in [1.29, 1.82) is 0 Å². The number of hydrogen-bond donors (Lipinski definition) is 1. The highest BCUT2D eigenvalue weighted by Gasteiger charge is 2.03. The molecule has 106 valence electrons. The van der Waals surface area contributed by atoms with E-state index < -0.39 is 0 Å². The topological polar surface area (TPSA) is 12.0 Å². The smallest absolute Gasteiger partial charge is 0.0494 e. The summed E-state index contributed by atoms with van der Waals surface area (Å²) in [6.45, 7) is 5.16. The fourth-order valence-corrected chi connectivity index (χ4v) is 3.28. The maximum Gasteiger partial charge on any atom is 0.0494 e. The Hall–Kier alpha value is -2.06. The van der Waals surface area contributed by atoms with Crippen LogP contribution in [-0.4, -0.2) is 0 Å². The van der Waals surface area contributed by atoms with E-state index in [1.54, 1.807) is 0 Å². The molecule has 0 fully saturated rings. The molecule has 1 nitrogen and oxygen atoms in total. The first-order valence-corrected chi connectivity index (χ1v) is 8.04. The average molecular weight is 293 g/mol. The molecule has 0 bridgehead atoms. The van der Waals surface area contributed by atoms with Gasteiger partial charge >= 0.3 is 0 Å². The van der Waals surface area contributed by atoms with Crippen molar-refractivity contribution in [2.75, 3.05) is 5.32 Å². The Labute approximate surface area is 130 Å². The number of aryl methyl sites for hydroxylation is 2. The zero-order valence-electron chi connectivity index (χ0n) is 12.4. The predicted molar refractivity (Wildman–Crippen MR) is 93.0 cm³/mol. The van der Waals surface area contributed by atoms with E-state index in [1.165, 1.54) is 32.8 Å². The first kappa shape index (κ1) is 13.9. The molecule has 0 amide bonds. The molecule has 0 aliphatic rings. The van der Waals surface area contributed by atoms with Crippen LogP contribution in [0, 0.1) is 13.8 Å². The molecular weight excluding hydrogens is 274 g/mol. The standard InChI is InChI=1S/C19H19NS/c1-14-8-9-19(15(2)10-14)20-12-18-11-17(13-21-18)16-6-4-3-5-7-16/h3-11,13,20H,12H2,1-2H3. The second kappa shape index (κ2) is 6.15. The third kappa shape index (κ3) is 3.34. The molecule has 0 unspecified atom stereocenters. The van der Waals surface area contributed by atoms with Crippen molar-refractivity contribution in [2.45, 2.75) is 20.4 Å². The van der Waals surface area contributed by atoms with Gasteiger partial charge in [-0.1, -0.05) is 48.0 Å². The third-order valence-corrected chi connectivity index (χ3v) is 4.53. The normalized spacial score (nSPS) is 10.6. The Morgan fingerprint density at radius 2 is 1.71 bits per heavy atom. The molecule has 1 heterocycles. The quantitative estimate of drug-likeness (QED) is 0.656. The van der Waals surface area contributed by atoms with Gasteiger partial charge in [0.15, 0.2) is 0 Å². The van der Waals surface area contributed by atoms with Gasteiger partial charge in [0.05, 0.1) is 0 Å². The minimum atomic E-state index is 0.876. The fraction of sp³-hybridized carbons (Fsp3) is 0.158. The molecule has 0 radical (unpaired) electrons. The van der Waals surface area contributed by atoms with Crippen LogP contribution < -0.4 is 5.32 Å². The van der Waals surface area contributed by atoms with Gasteiger partial charge in [0.2, 0.25) is 0 Å². The zero-order valence-corrected chi connectivity index (χ0v) is 13.2. The van der Waals surface area contributed by atoms with Crippen molar-refractivity contribution in [1.82, 2.24) is 0 Å². The van der Waals surface area contributed by atoms with Crippen molar-refractivity contribution < 1.29 is 0 Å². The molecule has 21 heavy (non-hydrogen) atoms. The van der Waals surface area contributed by atoms with Crippen LogP contribution >= 0.6 is 11.3 Å². The van der Waals surface area contributed by atoms with Gasteiger partial charge in [-0.3, -0.25) is 0 Å². The van der Waals surface area contributed by atoms with Crippen molar-refractivity contribution in [3.8, 4) is 11.1 Å². The SMILES string of the molecule is Cc1ccc(NCc2cc(-c3ccccc3)cs2)c(C)c1. The molecular formula is C19H19NS. The number of nitrogens with one attached hydrogen (secondary N) is 1. The van der Waals surface area contributed by atoms with E-state index in [0.717, 1.165) is 6.54 Å². The van der Waals surface area contributed by atoms with Gasteiger partial charge in [-0.2, -0.15) is 0 Å². The minimum Gasteiger partial charge on any atom is -0.380 e. The van der Waals surface area contributed by atoms with Gasteiger partial charge in [0.25, 0.3) is 0 Å². The molecule has 0 saturated heterocycles. The number of rotatable bonds is 4. The monoisotopic (exact) mass is 293 g/mol. The largest absolute Gasteiger partial charge is 0.380 e. The Kier molecular flexibility index (Phi) is 4.07. The summed E-state index contributed by atoms with van der Waals surface area (Å²) in [5, 5.41) is 5.76. The summed E-state index contributed by atoms with van der Waals surface area (Å²) in [5.74, 6) is 0. The van der Waals surface area contributed by atoms with E-state index in [2.05, 4.69) is 79.1 Å². The lowest BCUT2D eigenvalue weighted by atomic mass is 10.1. The summed E-state index contributed by atoms with van der Waals surface area (Å²) >= 11 is 1.81. The van der Waals surface area contributed by atoms with Gasteiger partial charge < -0.3 is 5.32 Å². The molecule has 2 aromatic carbocycles. The lowest BCUT2D eigenvalue weighted by Gasteiger charge is -2.09. The van der Waals surface area contributed by atoms with E-state index in [-0.39, 0.29) is 0 Å². The maximum absolute atomic E-state index is 3.53. The molecule has 0 atom stereocenters. The van der Waals surface area contributed by atoms with Crippen LogP contribution in [0.1, 0.15) is 16.0 Å². The van der Waals surface area contributed by atoms with Crippen molar-refractivity contribution in [3.05, 3.63) is 76.0 Å². The van der Waals surface area contributed by atoms with E-state index in [9.17, 15) is 0 Å². The highest BCUT2D eigenvalue weighted by Crippen LogP contribution is 2.26. The van der Waals surface area contributed by atoms with Crippen LogP contribution in [0.4, 0.5) is 5.69 Å². The highest BCUT2D eigenvalue weighted by atomic mass is 32.1. The molecule has 1 N–H and O–H groups in total. The first-order valence-electron chi connectivity index (χ1n) is 7.16. The maximum atomic E-state index is 3.53. The van der Waals surface area contributed by atoms with Crippen LogP contribution in [0.25, 0.3) is 11.1 Å². The third-order valence-electron chi connectivity index (χ3n) is 3.60. The molecule has 0 aliphatic heterocycles. The minimum absolute atomic E-state index is 0.876. The lowest BCUT2D eigenvalue weighted by Crippen LogP contribution is -1.99. The molecule has 2 heteroatoms. The lowest BCUT2D eigenvalue weighted by molar-refractivity contribution is 1.18. The van der Waals surface area contributed by atoms with Gasteiger partial charge in [0, 0.05) is 17.1 Å². The molecule has 0 spiro atoms. The second-order valence-electron chi connectivity index (χ2n) is 5.34. The molecule has 3 rings (SSSR count). The summed E-state index contributed by atoms with van der Waals surface area (Å²) in [6.07, 6.45) is 0. The summed E-state index contributed by atoms with van der Waals surface area (Å²) in [5.41, 5.74) is 6.41. The predicted octanol–water partition coefficient (Wildman–Crippen LogP) is 5.64.